The zero-order chi connectivity index (χ0) is 22.1. The van der Waals surface area contributed by atoms with E-state index in [0.29, 0.717) is 60.1 Å². The molecule has 0 bridgehead atoms. The molecular weight excluding hydrogens is 452 g/mol. The van der Waals surface area contributed by atoms with Crippen molar-refractivity contribution in [1.29, 1.82) is 0 Å². The molecular formula is C21H20N4O5S2. The smallest absolute Gasteiger partial charge is 0.257 e. The second kappa shape index (κ2) is 8.66. The molecule has 0 atom stereocenters. The van der Waals surface area contributed by atoms with Crippen molar-refractivity contribution in [3.63, 3.8) is 0 Å². The molecule has 0 amide bonds. The van der Waals surface area contributed by atoms with Gasteiger partial charge in [0.05, 0.1) is 23.9 Å². The molecule has 4 aromatic rings. The van der Waals surface area contributed by atoms with Crippen molar-refractivity contribution in [1.82, 2.24) is 19.4 Å². The summed E-state index contributed by atoms with van der Waals surface area (Å²) in [5.41, 5.74) is 3.03. The number of oxazole rings is 1. The Morgan fingerprint density at radius 3 is 2.62 bits per heavy atom. The van der Waals surface area contributed by atoms with Crippen LogP contribution in [0.25, 0.3) is 22.5 Å². The number of hydrogen-bond acceptors (Lipinski definition) is 9. The Labute approximate surface area is 188 Å². The molecule has 2 aromatic heterocycles. The Balaban J connectivity index is 1.30. The van der Waals surface area contributed by atoms with Gasteiger partial charge in [0.2, 0.25) is 21.7 Å². The van der Waals surface area contributed by atoms with E-state index in [4.69, 9.17) is 13.7 Å². The van der Waals surface area contributed by atoms with E-state index in [2.05, 4.69) is 15.1 Å². The van der Waals surface area contributed by atoms with Gasteiger partial charge in [-0.05, 0) is 25.1 Å². The highest BCUT2D eigenvalue weighted by atomic mass is 32.2. The van der Waals surface area contributed by atoms with Crippen LogP contribution in [0.3, 0.4) is 0 Å². The first-order valence-corrected chi connectivity index (χ1v) is 12.4. The maximum atomic E-state index is 12.9. The summed E-state index contributed by atoms with van der Waals surface area (Å²) in [6.07, 6.45) is 0. The zero-order valence-electron chi connectivity index (χ0n) is 17.2. The van der Waals surface area contributed by atoms with Crippen LogP contribution in [0, 0.1) is 6.92 Å². The highest BCUT2D eigenvalue weighted by Crippen LogP contribution is 2.29. The van der Waals surface area contributed by atoms with Crippen LogP contribution in [-0.4, -0.2) is 54.2 Å². The molecule has 1 fully saturated rings. The molecule has 0 N–H and O–H groups in total. The average molecular weight is 473 g/mol. The molecule has 1 saturated heterocycles. The molecule has 2 aromatic carbocycles. The summed E-state index contributed by atoms with van der Waals surface area (Å²) in [6.45, 7) is 3.49. The lowest BCUT2D eigenvalue weighted by atomic mass is 10.1. The molecule has 5 rings (SSSR count). The molecule has 166 valence electrons. The number of nitrogens with zero attached hydrogens (tertiary/aromatic N) is 4. The van der Waals surface area contributed by atoms with Gasteiger partial charge in [-0.3, -0.25) is 0 Å². The van der Waals surface area contributed by atoms with Crippen LogP contribution in [0.4, 0.5) is 0 Å². The number of fused-ring (bicyclic) bond motifs is 1. The minimum Gasteiger partial charge on any atom is -0.431 e. The summed E-state index contributed by atoms with van der Waals surface area (Å²) in [5.74, 6) is 1.35. The molecule has 9 nitrogen and oxygen atoms in total. The number of thioether (sulfide) groups is 1. The van der Waals surface area contributed by atoms with E-state index in [-0.39, 0.29) is 4.90 Å². The minimum absolute atomic E-state index is 0.191. The predicted molar refractivity (Wildman–Crippen MR) is 118 cm³/mol. The number of hydrogen-bond donors (Lipinski definition) is 0. The maximum absolute atomic E-state index is 12.9. The van der Waals surface area contributed by atoms with Gasteiger partial charge in [0, 0.05) is 18.7 Å². The van der Waals surface area contributed by atoms with Gasteiger partial charge in [0.15, 0.2) is 5.58 Å². The molecule has 0 spiro atoms. The van der Waals surface area contributed by atoms with E-state index in [1.165, 1.54) is 22.1 Å². The van der Waals surface area contributed by atoms with Crippen molar-refractivity contribution in [3.8, 4) is 11.4 Å². The molecule has 1 aliphatic heterocycles. The highest BCUT2D eigenvalue weighted by molar-refractivity contribution is 7.98. The van der Waals surface area contributed by atoms with E-state index in [1.807, 2.05) is 31.2 Å². The van der Waals surface area contributed by atoms with E-state index in [0.717, 1.165) is 11.1 Å². The van der Waals surface area contributed by atoms with Crippen molar-refractivity contribution >= 4 is 32.9 Å². The molecule has 1 aliphatic rings. The van der Waals surface area contributed by atoms with E-state index in [9.17, 15) is 8.42 Å². The highest BCUT2D eigenvalue weighted by Gasteiger charge is 2.27. The van der Waals surface area contributed by atoms with Gasteiger partial charge in [-0.2, -0.15) is 9.29 Å². The van der Waals surface area contributed by atoms with Gasteiger partial charge in [-0.1, -0.05) is 46.7 Å². The lowest BCUT2D eigenvalue weighted by Gasteiger charge is -2.25. The summed E-state index contributed by atoms with van der Waals surface area (Å²) >= 11 is 1.30. The summed E-state index contributed by atoms with van der Waals surface area (Å²) < 4.78 is 43.5. The van der Waals surface area contributed by atoms with Gasteiger partial charge < -0.3 is 13.7 Å². The number of ether oxygens (including phenoxy) is 1. The lowest BCUT2D eigenvalue weighted by Crippen LogP contribution is -2.40. The Kier molecular flexibility index (Phi) is 5.72. The second-order valence-electron chi connectivity index (χ2n) is 7.29. The summed E-state index contributed by atoms with van der Waals surface area (Å²) in [5, 5.41) is 4.42. The Morgan fingerprint density at radius 2 is 1.84 bits per heavy atom. The third-order valence-corrected chi connectivity index (χ3v) is 7.75. The first kappa shape index (κ1) is 21.1. The fourth-order valence-electron chi connectivity index (χ4n) is 3.30. The third-order valence-electron chi connectivity index (χ3n) is 5.04. The van der Waals surface area contributed by atoms with Crippen LogP contribution >= 0.6 is 11.8 Å². The zero-order valence-corrected chi connectivity index (χ0v) is 18.9. The third kappa shape index (κ3) is 4.29. The number of benzene rings is 2. The molecule has 0 aliphatic carbocycles. The fourth-order valence-corrected chi connectivity index (χ4v) is 5.41. The predicted octanol–water partition coefficient (Wildman–Crippen LogP) is 3.50. The van der Waals surface area contributed by atoms with Crippen molar-refractivity contribution in [2.45, 2.75) is 22.8 Å². The van der Waals surface area contributed by atoms with Crippen molar-refractivity contribution < 1.29 is 22.1 Å². The molecule has 0 saturated carbocycles. The number of aryl methyl sites for hydroxylation is 1. The van der Waals surface area contributed by atoms with Gasteiger partial charge in [0.25, 0.3) is 5.22 Å². The van der Waals surface area contributed by atoms with Crippen LogP contribution in [0.2, 0.25) is 0 Å². The minimum atomic E-state index is -3.59. The van der Waals surface area contributed by atoms with Gasteiger partial charge in [0.1, 0.15) is 5.52 Å². The quantitative estimate of drug-likeness (QED) is 0.389. The Bertz CT molecular complexity index is 1340. The number of morpholine rings is 1. The average Bonchev–Trinajstić information content (AvgIpc) is 3.45. The fraction of sp³-hybridized carbons (Fsp3) is 0.286. The van der Waals surface area contributed by atoms with Crippen molar-refractivity contribution in [3.05, 3.63) is 53.9 Å². The van der Waals surface area contributed by atoms with Crippen LogP contribution in [0.5, 0.6) is 0 Å². The van der Waals surface area contributed by atoms with E-state index in [1.54, 1.807) is 12.1 Å². The standard InChI is InChI=1S/C21H20N4O5S2/c1-14-2-4-15(5-3-14)20-23-19(30-24-20)13-31-21-22-17-12-16(6-7-18(17)29-21)32(26,27)25-8-10-28-11-9-25/h2-7,12H,8-11,13H2,1H3. The van der Waals surface area contributed by atoms with Gasteiger partial charge >= 0.3 is 0 Å². The molecule has 3 heterocycles. The monoisotopic (exact) mass is 472 g/mol. The second-order valence-corrected chi connectivity index (χ2v) is 10.2. The normalized spacial score (nSPS) is 15.4. The first-order chi connectivity index (χ1) is 15.5. The summed E-state index contributed by atoms with van der Waals surface area (Å²) in [7, 11) is -3.59. The topological polar surface area (TPSA) is 112 Å². The number of sulfonamides is 1. The van der Waals surface area contributed by atoms with Crippen LogP contribution < -0.4 is 0 Å². The number of rotatable bonds is 6. The Morgan fingerprint density at radius 1 is 1.06 bits per heavy atom. The first-order valence-electron chi connectivity index (χ1n) is 10.00. The van der Waals surface area contributed by atoms with E-state index >= 15 is 0 Å². The largest absolute Gasteiger partial charge is 0.431 e. The van der Waals surface area contributed by atoms with Crippen molar-refractivity contribution in [2.24, 2.45) is 0 Å². The summed E-state index contributed by atoms with van der Waals surface area (Å²) in [6, 6.07) is 12.6. The van der Waals surface area contributed by atoms with Crippen LogP contribution in [0.1, 0.15) is 11.5 Å². The molecule has 32 heavy (non-hydrogen) atoms. The Hall–Kier alpha value is -2.73. The maximum Gasteiger partial charge on any atom is 0.257 e. The summed E-state index contributed by atoms with van der Waals surface area (Å²) in [4.78, 5) is 9.03. The van der Waals surface area contributed by atoms with Crippen molar-refractivity contribution in [2.75, 3.05) is 26.3 Å². The molecule has 11 heteroatoms. The number of aromatic nitrogens is 3. The molecule has 0 radical (unpaired) electrons. The SMILES string of the molecule is Cc1ccc(-c2noc(CSc3nc4cc(S(=O)(=O)N5CCOCC5)ccc4o3)n2)cc1. The van der Waals surface area contributed by atoms with Crippen LogP contribution in [-0.2, 0) is 20.5 Å². The van der Waals surface area contributed by atoms with Crippen LogP contribution in [0.15, 0.2) is 61.5 Å². The van der Waals surface area contributed by atoms with Gasteiger partial charge in [-0.25, -0.2) is 13.4 Å². The van der Waals surface area contributed by atoms with E-state index < -0.39 is 10.0 Å². The lowest BCUT2D eigenvalue weighted by molar-refractivity contribution is 0.0730. The van der Waals surface area contributed by atoms with Gasteiger partial charge in [-0.15, -0.1) is 0 Å². The molecule has 0 unspecified atom stereocenters.